The van der Waals surface area contributed by atoms with E-state index in [9.17, 15) is 86.5 Å². The van der Waals surface area contributed by atoms with Gasteiger partial charge in [-0.25, -0.2) is 0 Å². The van der Waals surface area contributed by atoms with Gasteiger partial charge in [-0.1, -0.05) is 46.3 Å². The summed E-state index contributed by atoms with van der Waals surface area (Å²) in [4.78, 5) is 29.3. The third-order valence-corrected chi connectivity index (χ3v) is 23.2. The number of ether oxygens (including phenoxy) is 10. The highest BCUT2D eigenvalue weighted by Crippen LogP contribution is 2.76. The molecule has 5 heterocycles. The molecule has 28 heteroatoms. The molecule has 28 nitrogen and oxygen atoms in total. The average Bonchev–Trinajstić information content (AvgIpc) is 0.729. The largest absolute Gasteiger partial charge is 0.481 e. The van der Waals surface area contributed by atoms with Gasteiger partial charge in [0, 0.05) is 0 Å². The van der Waals surface area contributed by atoms with Gasteiger partial charge in [0.1, 0.15) is 104 Å². The number of aliphatic hydroxyl groups excluding tert-OH is 15. The second-order valence-corrected chi connectivity index (χ2v) is 28.5. The van der Waals surface area contributed by atoms with E-state index in [-0.39, 0.29) is 23.7 Å². The van der Waals surface area contributed by atoms with Gasteiger partial charge in [-0.05, 0) is 118 Å². The zero-order valence-electron chi connectivity index (χ0n) is 50.4. The summed E-state index contributed by atoms with van der Waals surface area (Å²) in [6.45, 7) is 13.2. The molecule has 10 aliphatic rings. The fraction of sp³-hybridized carbons (Fsp3) is 0.932. The molecule has 5 aliphatic heterocycles. The summed E-state index contributed by atoms with van der Waals surface area (Å²) < 4.78 is 59.0. The number of hydrogen-bond acceptors (Lipinski definition) is 27. The minimum absolute atomic E-state index is 0.107. The Kier molecular flexibility index (Phi) is 19.1. The van der Waals surface area contributed by atoms with Crippen LogP contribution in [0.1, 0.15) is 113 Å². The fourth-order valence-corrected chi connectivity index (χ4v) is 17.7. The van der Waals surface area contributed by atoms with Crippen LogP contribution in [0, 0.1) is 50.2 Å². The Morgan fingerprint density at radius 1 is 0.552 bits per heavy atom. The van der Waals surface area contributed by atoms with E-state index in [0.717, 1.165) is 5.57 Å². The number of allylic oxidation sites excluding steroid dienone is 2. The van der Waals surface area contributed by atoms with Crippen LogP contribution in [0.15, 0.2) is 11.6 Å². The molecule has 9 fully saturated rings. The first-order valence-electron chi connectivity index (χ1n) is 30.7. The van der Waals surface area contributed by atoms with Gasteiger partial charge in [0.05, 0.1) is 49.0 Å². The van der Waals surface area contributed by atoms with Crippen LogP contribution < -0.4 is 0 Å². The molecule has 10 rings (SSSR count). The Labute approximate surface area is 503 Å². The number of aliphatic carboxylic acids is 1. The molecule has 0 amide bonds. The number of carbonyl (C=O) groups excluding carboxylic acids is 1. The second-order valence-electron chi connectivity index (χ2n) is 28.5. The lowest BCUT2D eigenvalue weighted by Crippen LogP contribution is -2.70. The summed E-state index contributed by atoms with van der Waals surface area (Å²) in [6.07, 6.45) is -36.2. The zero-order valence-corrected chi connectivity index (χ0v) is 50.4. The highest BCUT2D eigenvalue weighted by atomic mass is 16.8. The molecular formula is C59H94O28. The van der Waals surface area contributed by atoms with Gasteiger partial charge in [0.25, 0.3) is 0 Å². The summed E-state index contributed by atoms with van der Waals surface area (Å²) >= 11 is 0. The van der Waals surface area contributed by atoms with Gasteiger partial charge < -0.3 is 129 Å². The van der Waals surface area contributed by atoms with Crippen molar-refractivity contribution in [1.82, 2.24) is 0 Å². The Morgan fingerprint density at radius 3 is 1.70 bits per heavy atom. The topological polar surface area (TPSA) is 450 Å². The van der Waals surface area contributed by atoms with Gasteiger partial charge in [-0.3, -0.25) is 9.59 Å². The molecule has 34 atom stereocenters. The highest BCUT2D eigenvalue weighted by molar-refractivity contribution is 5.79. The van der Waals surface area contributed by atoms with E-state index in [1.54, 1.807) is 0 Å². The third kappa shape index (κ3) is 11.1. The van der Waals surface area contributed by atoms with Crippen molar-refractivity contribution < 1.29 is 139 Å². The van der Waals surface area contributed by atoms with Crippen molar-refractivity contribution in [3.63, 3.8) is 0 Å². The monoisotopic (exact) mass is 1250 g/mol. The molecule has 0 aromatic rings. The van der Waals surface area contributed by atoms with Crippen molar-refractivity contribution in [2.75, 3.05) is 19.8 Å². The molecule has 0 bridgehead atoms. The van der Waals surface area contributed by atoms with Crippen LogP contribution in [0.5, 0.6) is 0 Å². The van der Waals surface area contributed by atoms with Crippen molar-refractivity contribution in [3.8, 4) is 0 Å². The lowest BCUT2D eigenvalue weighted by atomic mass is 9.33. The molecule has 0 aromatic carbocycles. The van der Waals surface area contributed by atoms with E-state index >= 15 is 4.79 Å². The number of carboxylic acid groups (broad SMARTS) is 1. The van der Waals surface area contributed by atoms with Crippen molar-refractivity contribution in [3.05, 3.63) is 11.6 Å². The van der Waals surface area contributed by atoms with Gasteiger partial charge in [-0.15, -0.1) is 0 Å². The molecule has 4 saturated carbocycles. The summed E-state index contributed by atoms with van der Waals surface area (Å²) in [5.41, 5.74) is -3.96. The molecule has 5 saturated heterocycles. The van der Waals surface area contributed by atoms with E-state index in [1.165, 1.54) is 20.8 Å². The molecule has 16 N–H and O–H groups in total. The lowest BCUT2D eigenvalue weighted by molar-refractivity contribution is -0.378. The Bertz CT molecular complexity index is 2490. The van der Waals surface area contributed by atoms with Gasteiger partial charge in [0.15, 0.2) is 31.3 Å². The number of aliphatic hydroxyl groups is 15. The van der Waals surface area contributed by atoms with Gasteiger partial charge in [-0.2, -0.15) is 0 Å². The maximum absolute atomic E-state index is 15.5. The first kappa shape index (κ1) is 67.6. The third-order valence-electron chi connectivity index (χ3n) is 23.2. The molecule has 0 aromatic heterocycles. The number of fused-ring (bicyclic) bond motifs is 7. The summed E-state index contributed by atoms with van der Waals surface area (Å²) in [7, 11) is 0. The lowest BCUT2D eigenvalue weighted by Gasteiger charge is -2.71. The van der Waals surface area contributed by atoms with Crippen LogP contribution in [-0.4, -0.2) is 273 Å². The quantitative estimate of drug-likeness (QED) is 0.0484. The first-order valence-corrected chi connectivity index (χ1v) is 30.7. The normalized spacial score (nSPS) is 55.1. The predicted octanol–water partition coefficient (Wildman–Crippen LogP) is -3.48. The van der Waals surface area contributed by atoms with Gasteiger partial charge in [0.2, 0.25) is 6.29 Å². The van der Waals surface area contributed by atoms with Crippen LogP contribution in [0.4, 0.5) is 0 Å². The molecule has 0 radical (unpaired) electrons. The van der Waals surface area contributed by atoms with Crippen LogP contribution in [0.3, 0.4) is 0 Å². The highest BCUT2D eigenvalue weighted by Gasteiger charge is 2.73. The van der Waals surface area contributed by atoms with Crippen molar-refractivity contribution in [1.29, 1.82) is 0 Å². The summed E-state index contributed by atoms with van der Waals surface area (Å²) in [5, 5.41) is 174. The summed E-state index contributed by atoms with van der Waals surface area (Å²) in [6, 6.07) is 0. The first-order chi connectivity index (χ1) is 40.7. The molecule has 0 unspecified atom stereocenters. The Morgan fingerprint density at radius 2 is 1.09 bits per heavy atom. The number of esters is 1. The van der Waals surface area contributed by atoms with E-state index < -0.39 is 224 Å². The van der Waals surface area contributed by atoms with E-state index in [4.69, 9.17) is 47.4 Å². The predicted molar refractivity (Wildman–Crippen MR) is 290 cm³/mol. The molecular weight excluding hydrogens is 1160 g/mol. The Balaban J connectivity index is 0.845. The minimum Gasteiger partial charge on any atom is -0.481 e. The maximum atomic E-state index is 15.5. The molecule has 498 valence electrons. The average molecular weight is 1250 g/mol. The zero-order chi connectivity index (χ0) is 63.7. The SMILES string of the molecule is C[C@@H]1O[C@@H](O[C@H]2[C@H](OC(=O)[C@]34CCC(C)(C)C[C@H]3C3=CC[C@@H]5[C@@]6(C)C[C@H](O)[C@H](O[C@@H]7O[C@H](CO)[C@@H](O)[C@H](O)[C@H]7O)[C@@](C)(C(=O)O)[C@@H]6CC[C@@]5(C)[C@]3(C)CC4)O[C@H](C)[C@H](O)[C@@H]2O)[C@H](O)[C@H](O)[C@H]1O[C@@H]1OC[C@@H](O[C@@H]2O[C@H](CO)[C@H](O)[C@H](O)[C@H]2O)[C@H](O)[C@H]1O. The van der Waals surface area contributed by atoms with Crippen LogP contribution >= 0.6 is 0 Å². The van der Waals surface area contributed by atoms with Crippen molar-refractivity contribution in [2.24, 2.45) is 50.2 Å². The van der Waals surface area contributed by atoms with Crippen molar-refractivity contribution in [2.45, 2.75) is 273 Å². The number of carboxylic acids is 1. The number of rotatable bonds is 13. The van der Waals surface area contributed by atoms with Crippen LogP contribution in [0.25, 0.3) is 0 Å². The Hall–Kier alpha value is -2.28. The van der Waals surface area contributed by atoms with Crippen LogP contribution in [-0.2, 0) is 57.0 Å². The van der Waals surface area contributed by atoms with Crippen LogP contribution in [0.2, 0.25) is 0 Å². The number of hydrogen-bond donors (Lipinski definition) is 16. The molecule has 0 spiro atoms. The summed E-state index contributed by atoms with van der Waals surface area (Å²) in [5.74, 6) is -3.03. The van der Waals surface area contributed by atoms with E-state index in [0.29, 0.717) is 51.4 Å². The minimum atomic E-state index is -1.97. The second kappa shape index (κ2) is 24.6. The standard InChI is InChI=1S/C59H94O28/c1-22-32(63)38(69)45(85-48-43(74)39(70)44(23(2)80-48)84-47-40(71)35(66)29(21-78-47)83-49-41(72)36(67)33(64)27(19-60)81-49)51(79-22)87-53(77)59-15-13-54(3,4)17-25(59)24-9-10-30-55(5)18-26(62)46(86-50-42(73)37(68)34(65)28(20-61)82-50)58(8,52(75)76)31(55)11-12-57(30,7)56(24,6)14-16-59/h9,22-23,25-51,60-74H,10-21H2,1-8H3,(H,75,76)/t22-,23+,25+,26+,27-,28-,29-,30-,31-,32+,33+,34-,35+,36+,37+,38+,39+,40-,41-,42-,43-,44+,45-,46+,47+,48+,49+,50+,51+,55-,56-,57-,58+,59+/m1/s1. The smallest absolute Gasteiger partial charge is 0.315 e. The molecule has 87 heavy (non-hydrogen) atoms. The molecule has 5 aliphatic carbocycles. The number of carbonyl (C=O) groups is 2. The maximum Gasteiger partial charge on any atom is 0.315 e. The van der Waals surface area contributed by atoms with Crippen molar-refractivity contribution >= 4 is 11.9 Å². The fourth-order valence-electron chi connectivity index (χ4n) is 17.7. The van der Waals surface area contributed by atoms with E-state index in [2.05, 4.69) is 33.8 Å². The van der Waals surface area contributed by atoms with E-state index in [1.807, 2.05) is 6.92 Å². The van der Waals surface area contributed by atoms with Gasteiger partial charge >= 0.3 is 11.9 Å².